The van der Waals surface area contributed by atoms with Gasteiger partial charge in [-0.15, -0.1) is 0 Å². The van der Waals surface area contributed by atoms with Crippen molar-refractivity contribution >= 4 is 27.9 Å². The molecule has 0 amide bonds. The number of rotatable bonds is 1. The van der Waals surface area contributed by atoms with Crippen LogP contribution < -0.4 is 5.73 Å². The number of nitrogens with two attached hydrogens (primary N) is 1. The molecule has 3 heterocycles. The normalized spacial score (nSPS) is 11.4. The minimum atomic E-state index is 0.378. The SMILES string of the molecule is Nc1ncnc2nc(-c3n[nH]c4ccccc34)[nH]c12. The van der Waals surface area contributed by atoms with E-state index >= 15 is 0 Å². The fraction of sp³-hybridized carbons (Fsp3) is 0. The molecule has 4 N–H and O–H groups in total. The minimum absolute atomic E-state index is 0.378. The van der Waals surface area contributed by atoms with Gasteiger partial charge in [0.2, 0.25) is 0 Å². The molecule has 0 unspecified atom stereocenters. The Morgan fingerprint density at radius 1 is 1.11 bits per heavy atom. The van der Waals surface area contributed by atoms with Crippen LogP contribution in [0.2, 0.25) is 0 Å². The lowest BCUT2D eigenvalue weighted by Crippen LogP contribution is -1.91. The number of nitrogens with one attached hydrogen (secondary N) is 2. The summed E-state index contributed by atoms with van der Waals surface area (Å²) < 4.78 is 0. The molecule has 0 spiro atoms. The fourth-order valence-corrected chi connectivity index (χ4v) is 2.10. The Hall–Kier alpha value is -2.96. The van der Waals surface area contributed by atoms with E-state index in [4.69, 9.17) is 5.73 Å². The average molecular weight is 251 g/mol. The molecule has 19 heavy (non-hydrogen) atoms. The highest BCUT2D eigenvalue weighted by Crippen LogP contribution is 2.26. The summed E-state index contributed by atoms with van der Waals surface area (Å²) in [6.45, 7) is 0. The third-order valence-corrected chi connectivity index (χ3v) is 3.01. The molecule has 92 valence electrons. The second-order valence-corrected chi connectivity index (χ2v) is 4.16. The lowest BCUT2D eigenvalue weighted by atomic mass is 10.2. The zero-order valence-corrected chi connectivity index (χ0v) is 9.75. The molecule has 4 rings (SSSR count). The zero-order valence-electron chi connectivity index (χ0n) is 9.75. The van der Waals surface area contributed by atoms with Crippen LogP contribution >= 0.6 is 0 Å². The maximum Gasteiger partial charge on any atom is 0.183 e. The third kappa shape index (κ3) is 1.38. The second kappa shape index (κ2) is 3.52. The number of aromatic nitrogens is 6. The molecule has 4 aromatic rings. The Labute approximate surface area is 106 Å². The van der Waals surface area contributed by atoms with Crippen molar-refractivity contribution in [3.05, 3.63) is 30.6 Å². The summed E-state index contributed by atoms with van der Waals surface area (Å²) in [6.07, 6.45) is 1.39. The highest BCUT2D eigenvalue weighted by Gasteiger charge is 2.13. The van der Waals surface area contributed by atoms with Crippen LogP contribution in [-0.2, 0) is 0 Å². The summed E-state index contributed by atoms with van der Waals surface area (Å²) in [4.78, 5) is 15.5. The minimum Gasteiger partial charge on any atom is -0.382 e. The summed E-state index contributed by atoms with van der Waals surface area (Å²) in [6, 6.07) is 7.85. The molecule has 1 aromatic carbocycles. The first kappa shape index (κ1) is 10.0. The first-order valence-corrected chi connectivity index (χ1v) is 5.72. The average Bonchev–Trinajstić information content (AvgIpc) is 3.02. The molecule has 0 aliphatic rings. The van der Waals surface area contributed by atoms with Gasteiger partial charge in [-0.05, 0) is 6.07 Å². The van der Waals surface area contributed by atoms with Crippen LogP contribution in [0.15, 0.2) is 30.6 Å². The van der Waals surface area contributed by atoms with Crippen LogP contribution in [0.25, 0.3) is 33.6 Å². The Morgan fingerprint density at radius 3 is 2.89 bits per heavy atom. The maximum atomic E-state index is 5.78. The van der Waals surface area contributed by atoms with Crippen molar-refractivity contribution < 1.29 is 0 Å². The van der Waals surface area contributed by atoms with E-state index in [0.717, 1.165) is 16.6 Å². The Morgan fingerprint density at radius 2 is 2.00 bits per heavy atom. The van der Waals surface area contributed by atoms with Gasteiger partial charge >= 0.3 is 0 Å². The second-order valence-electron chi connectivity index (χ2n) is 4.16. The zero-order chi connectivity index (χ0) is 12.8. The molecule has 0 fully saturated rings. The Balaban J connectivity index is 2.02. The van der Waals surface area contributed by atoms with E-state index in [-0.39, 0.29) is 0 Å². The Kier molecular flexibility index (Phi) is 1.85. The Bertz CT molecular complexity index is 889. The standard InChI is InChI=1S/C12H9N7/c13-10-9-11(15-5-14-10)17-12(16-9)8-6-3-1-2-4-7(6)18-19-8/h1-5H,(H,18,19)(H3,13,14,15,16,17). The van der Waals surface area contributed by atoms with Crippen molar-refractivity contribution in [3.63, 3.8) is 0 Å². The largest absolute Gasteiger partial charge is 0.382 e. The van der Waals surface area contributed by atoms with Gasteiger partial charge in [-0.25, -0.2) is 15.0 Å². The summed E-state index contributed by atoms with van der Waals surface area (Å²) in [5, 5.41) is 8.24. The van der Waals surface area contributed by atoms with E-state index in [1.807, 2.05) is 24.3 Å². The fourth-order valence-electron chi connectivity index (χ4n) is 2.10. The number of nitrogen functional groups attached to an aromatic ring is 1. The number of para-hydroxylation sites is 1. The molecular formula is C12H9N7. The van der Waals surface area contributed by atoms with E-state index in [9.17, 15) is 0 Å². The van der Waals surface area contributed by atoms with E-state index in [2.05, 4.69) is 30.1 Å². The van der Waals surface area contributed by atoms with Gasteiger partial charge in [-0.2, -0.15) is 5.10 Å². The molecule has 0 saturated heterocycles. The molecule has 3 aromatic heterocycles. The molecule has 0 atom stereocenters. The summed E-state index contributed by atoms with van der Waals surface area (Å²) in [5.41, 5.74) is 8.65. The van der Waals surface area contributed by atoms with E-state index < -0.39 is 0 Å². The number of H-pyrrole nitrogens is 2. The smallest absolute Gasteiger partial charge is 0.183 e. The van der Waals surface area contributed by atoms with Gasteiger partial charge < -0.3 is 10.7 Å². The number of hydrogen-bond donors (Lipinski definition) is 3. The van der Waals surface area contributed by atoms with E-state index in [1.54, 1.807) is 0 Å². The topological polar surface area (TPSA) is 109 Å². The van der Waals surface area contributed by atoms with Crippen LogP contribution in [-0.4, -0.2) is 30.1 Å². The number of imidazole rings is 1. The van der Waals surface area contributed by atoms with Crippen LogP contribution in [0, 0.1) is 0 Å². The van der Waals surface area contributed by atoms with Gasteiger partial charge in [0.15, 0.2) is 17.3 Å². The molecule has 0 saturated carbocycles. The van der Waals surface area contributed by atoms with Gasteiger partial charge in [0.05, 0.1) is 5.52 Å². The summed E-state index contributed by atoms with van der Waals surface area (Å²) in [7, 11) is 0. The van der Waals surface area contributed by atoms with E-state index in [1.165, 1.54) is 6.33 Å². The van der Waals surface area contributed by atoms with Gasteiger partial charge in [0, 0.05) is 5.39 Å². The lowest BCUT2D eigenvalue weighted by Gasteiger charge is -1.91. The van der Waals surface area contributed by atoms with Crippen molar-refractivity contribution in [1.29, 1.82) is 0 Å². The summed E-state index contributed by atoms with van der Waals surface area (Å²) >= 11 is 0. The van der Waals surface area contributed by atoms with Gasteiger partial charge in [-0.1, -0.05) is 18.2 Å². The quantitative estimate of drug-likeness (QED) is 0.474. The molecular weight excluding hydrogens is 242 g/mol. The molecule has 0 bridgehead atoms. The first-order chi connectivity index (χ1) is 9.33. The van der Waals surface area contributed by atoms with Crippen molar-refractivity contribution in [1.82, 2.24) is 30.1 Å². The van der Waals surface area contributed by atoms with Crippen molar-refractivity contribution in [2.24, 2.45) is 0 Å². The number of aromatic amines is 2. The first-order valence-electron chi connectivity index (χ1n) is 5.72. The molecule has 0 radical (unpaired) electrons. The predicted octanol–water partition coefficient (Wildman–Crippen LogP) is 1.48. The highest BCUT2D eigenvalue weighted by atomic mass is 15.1. The molecule has 0 aliphatic carbocycles. The van der Waals surface area contributed by atoms with Crippen LogP contribution in [0.5, 0.6) is 0 Å². The lowest BCUT2D eigenvalue weighted by molar-refractivity contribution is 1.10. The van der Waals surface area contributed by atoms with Crippen molar-refractivity contribution in [2.75, 3.05) is 5.73 Å². The highest BCUT2D eigenvalue weighted by molar-refractivity contribution is 5.93. The third-order valence-electron chi connectivity index (χ3n) is 3.01. The van der Waals surface area contributed by atoms with Crippen LogP contribution in [0.3, 0.4) is 0 Å². The molecule has 7 heteroatoms. The van der Waals surface area contributed by atoms with E-state index in [0.29, 0.717) is 22.8 Å². The van der Waals surface area contributed by atoms with Gasteiger partial charge in [0.1, 0.15) is 17.5 Å². The number of fused-ring (bicyclic) bond motifs is 2. The van der Waals surface area contributed by atoms with Crippen LogP contribution in [0.4, 0.5) is 5.82 Å². The molecule has 7 nitrogen and oxygen atoms in total. The predicted molar refractivity (Wildman–Crippen MR) is 71.2 cm³/mol. The van der Waals surface area contributed by atoms with Crippen molar-refractivity contribution in [3.8, 4) is 11.5 Å². The maximum absolute atomic E-state index is 5.78. The van der Waals surface area contributed by atoms with Crippen molar-refractivity contribution in [2.45, 2.75) is 0 Å². The summed E-state index contributed by atoms with van der Waals surface area (Å²) in [5.74, 6) is 1.00. The number of anilines is 1. The van der Waals surface area contributed by atoms with Gasteiger partial charge in [-0.3, -0.25) is 5.10 Å². The van der Waals surface area contributed by atoms with Gasteiger partial charge in [0.25, 0.3) is 0 Å². The number of hydrogen-bond acceptors (Lipinski definition) is 5. The number of nitrogens with zero attached hydrogens (tertiary/aromatic N) is 4. The monoisotopic (exact) mass is 251 g/mol. The molecule has 0 aliphatic heterocycles. The number of benzene rings is 1. The van der Waals surface area contributed by atoms with Crippen LogP contribution in [0.1, 0.15) is 0 Å².